The zero-order valence-corrected chi connectivity index (χ0v) is 16.2. The summed E-state index contributed by atoms with van der Waals surface area (Å²) in [7, 11) is 0. The topological polar surface area (TPSA) is 112 Å². The smallest absolute Gasteiger partial charge is 0.326 e. The third kappa shape index (κ3) is 4.82. The van der Waals surface area contributed by atoms with Gasteiger partial charge in [-0.25, -0.2) is 18.6 Å². The number of hydrogen-bond acceptors (Lipinski definition) is 5. The van der Waals surface area contributed by atoms with Gasteiger partial charge < -0.3 is 15.3 Å². The van der Waals surface area contributed by atoms with E-state index in [9.17, 15) is 23.2 Å². The first kappa shape index (κ1) is 21.4. The van der Waals surface area contributed by atoms with Crippen molar-refractivity contribution in [3.05, 3.63) is 52.7 Å². The molecule has 0 atom stereocenters. The Hall–Kier alpha value is -3.27. The van der Waals surface area contributed by atoms with E-state index in [1.54, 1.807) is 12.1 Å². The second-order valence-electron chi connectivity index (χ2n) is 6.63. The number of aliphatic carboxylic acids is 1. The highest BCUT2D eigenvalue weighted by molar-refractivity contribution is 6.34. The van der Waals surface area contributed by atoms with Crippen molar-refractivity contribution in [3.63, 3.8) is 0 Å². The fourth-order valence-electron chi connectivity index (χ4n) is 3.11. The van der Waals surface area contributed by atoms with Crippen LogP contribution in [0.3, 0.4) is 0 Å². The van der Waals surface area contributed by atoms with Crippen LogP contribution in [0.4, 0.5) is 25.1 Å². The third-order valence-electron chi connectivity index (χ3n) is 4.66. The van der Waals surface area contributed by atoms with Crippen molar-refractivity contribution in [1.29, 1.82) is 0 Å². The van der Waals surface area contributed by atoms with E-state index in [4.69, 9.17) is 16.7 Å². The van der Waals surface area contributed by atoms with Crippen LogP contribution in [0.25, 0.3) is 0 Å². The molecule has 30 heavy (non-hydrogen) atoms. The minimum absolute atomic E-state index is 0.299. The Kier molecular flexibility index (Phi) is 6.46. The van der Waals surface area contributed by atoms with Gasteiger partial charge in [0.15, 0.2) is 17.5 Å². The number of amides is 3. The molecule has 0 aliphatic carbocycles. The van der Waals surface area contributed by atoms with Gasteiger partial charge in [-0.15, -0.1) is 0 Å². The van der Waals surface area contributed by atoms with Gasteiger partial charge in [0.1, 0.15) is 0 Å². The Morgan fingerprint density at radius 1 is 1.17 bits per heavy atom. The Bertz CT molecular complexity index is 996. The maximum Gasteiger partial charge on any atom is 0.326 e. The number of carboxylic acid groups (broad SMARTS) is 1. The van der Waals surface area contributed by atoms with Crippen molar-refractivity contribution < 1.29 is 28.3 Å². The molecule has 0 spiro atoms. The first-order valence-corrected chi connectivity index (χ1v) is 9.33. The van der Waals surface area contributed by atoms with Gasteiger partial charge in [-0.3, -0.25) is 14.9 Å². The summed E-state index contributed by atoms with van der Waals surface area (Å²) in [5, 5.41) is 13.3. The van der Waals surface area contributed by atoms with Crippen LogP contribution in [0.2, 0.25) is 5.02 Å². The summed E-state index contributed by atoms with van der Waals surface area (Å²) in [6.07, 6.45) is 2.39. The number of benzene rings is 1. The highest BCUT2D eigenvalue weighted by atomic mass is 35.5. The maximum absolute atomic E-state index is 13.4. The molecule has 1 aliphatic rings. The largest absolute Gasteiger partial charge is 0.481 e. The van der Waals surface area contributed by atoms with Gasteiger partial charge in [-0.2, -0.15) is 0 Å². The normalized spacial score (nSPS) is 14.3. The molecule has 0 bridgehead atoms. The van der Waals surface area contributed by atoms with E-state index in [1.807, 2.05) is 10.2 Å². The number of carboxylic acids is 1. The molecule has 1 aromatic heterocycles. The van der Waals surface area contributed by atoms with Gasteiger partial charge >= 0.3 is 12.0 Å². The van der Waals surface area contributed by atoms with E-state index in [1.165, 1.54) is 6.20 Å². The van der Waals surface area contributed by atoms with Gasteiger partial charge in [-0.1, -0.05) is 11.6 Å². The predicted octanol–water partition coefficient (Wildman–Crippen LogP) is 3.28. The zero-order valence-electron chi connectivity index (χ0n) is 15.5. The predicted molar refractivity (Wildman–Crippen MR) is 105 cm³/mol. The molecule has 3 N–H and O–H groups in total. The lowest BCUT2D eigenvalue weighted by Crippen LogP contribution is -2.38. The number of carbonyl (C=O) groups excluding carboxylic acids is 2. The molecule has 3 amide bonds. The summed E-state index contributed by atoms with van der Waals surface area (Å²) in [4.78, 5) is 41.6. The number of hydrogen-bond donors (Lipinski definition) is 3. The summed E-state index contributed by atoms with van der Waals surface area (Å²) >= 11 is 5.74. The third-order valence-corrected chi connectivity index (χ3v) is 4.97. The lowest BCUT2D eigenvalue weighted by molar-refractivity contribution is -0.142. The van der Waals surface area contributed by atoms with Crippen molar-refractivity contribution in [2.45, 2.75) is 12.8 Å². The number of pyridine rings is 1. The molecule has 1 aliphatic heterocycles. The number of imide groups is 1. The number of aromatic nitrogens is 1. The minimum Gasteiger partial charge on any atom is -0.481 e. The lowest BCUT2D eigenvalue weighted by Gasteiger charge is -2.32. The van der Waals surface area contributed by atoms with Gasteiger partial charge in [0.25, 0.3) is 5.91 Å². The number of nitrogens with zero attached hydrogens (tertiary/aromatic N) is 2. The van der Waals surface area contributed by atoms with E-state index in [-0.39, 0.29) is 5.02 Å². The number of piperidine rings is 1. The van der Waals surface area contributed by atoms with Crippen molar-refractivity contribution in [2.24, 2.45) is 5.92 Å². The van der Waals surface area contributed by atoms with Crippen LogP contribution < -0.4 is 15.5 Å². The van der Waals surface area contributed by atoms with Crippen LogP contribution in [0.1, 0.15) is 23.2 Å². The molecule has 2 aromatic rings. The minimum atomic E-state index is -1.27. The van der Waals surface area contributed by atoms with Crippen LogP contribution >= 0.6 is 11.6 Å². The Balaban J connectivity index is 1.68. The average molecular weight is 439 g/mol. The summed E-state index contributed by atoms with van der Waals surface area (Å²) in [5.41, 5.74) is -0.0965. The van der Waals surface area contributed by atoms with E-state index in [0.29, 0.717) is 49.6 Å². The second-order valence-corrected chi connectivity index (χ2v) is 7.04. The molecule has 0 unspecified atom stereocenters. The fraction of sp³-hybridized carbons (Fsp3) is 0.263. The number of halogens is 3. The summed E-state index contributed by atoms with van der Waals surface area (Å²) in [5.74, 6) is -4.35. The molecule has 158 valence electrons. The molecule has 1 fully saturated rings. The molecular formula is C19H17ClF2N4O4. The molecule has 1 aromatic carbocycles. The number of anilines is 2. The lowest BCUT2D eigenvalue weighted by atomic mass is 9.97. The molecule has 11 heteroatoms. The molecule has 8 nitrogen and oxygen atoms in total. The van der Waals surface area contributed by atoms with Crippen LogP contribution in [0, 0.1) is 17.6 Å². The van der Waals surface area contributed by atoms with Crippen molar-refractivity contribution in [1.82, 2.24) is 10.3 Å². The highest BCUT2D eigenvalue weighted by Gasteiger charge is 2.26. The highest BCUT2D eigenvalue weighted by Crippen LogP contribution is 2.28. The van der Waals surface area contributed by atoms with Gasteiger partial charge in [0.05, 0.1) is 22.2 Å². The monoisotopic (exact) mass is 438 g/mol. The van der Waals surface area contributed by atoms with E-state index in [2.05, 4.69) is 10.3 Å². The molecule has 3 rings (SSSR count). The second kappa shape index (κ2) is 9.04. The summed E-state index contributed by atoms with van der Waals surface area (Å²) in [6, 6.07) is 3.47. The first-order valence-electron chi connectivity index (χ1n) is 8.96. The van der Waals surface area contributed by atoms with Crippen LogP contribution in [0.5, 0.6) is 0 Å². The van der Waals surface area contributed by atoms with Crippen LogP contribution in [-0.2, 0) is 4.79 Å². The quantitative estimate of drug-likeness (QED) is 0.632. The molecular weight excluding hydrogens is 422 g/mol. The van der Waals surface area contributed by atoms with Crippen molar-refractivity contribution >= 4 is 41.0 Å². The first-order chi connectivity index (χ1) is 14.3. The van der Waals surface area contributed by atoms with Crippen LogP contribution in [-0.4, -0.2) is 41.1 Å². The zero-order chi connectivity index (χ0) is 21.8. The van der Waals surface area contributed by atoms with E-state index < -0.39 is 41.0 Å². The standard InChI is InChI=1S/C19H17ClF2N4O4/c20-12-9-14(22)13(21)8-11(12)17(27)25-19(30)24-15-2-1-5-23-16(15)26-6-3-10(4-7-26)18(28)29/h1-2,5,8-10H,3-4,6-7H2,(H,28,29)(H2,24,25,27,30). The molecule has 2 heterocycles. The maximum atomic E-state index is 13.4. The SMILES string of the molecule is O=C(NC(=O)c1cc(F)c(F)cc1Cl)Nc1cccnc1N1CCC(C(=O)O)CC1. The van der Waals surface area contributed by atoms with E-state index >= 15 is 0 Å². The Labute approximate surface area is 174 Å². The Morgan fingerprint density at radius 3 is 2.50 bits per heavy atom. The van der Waals surface area contributed by atoms with Crippen molar-refractivity contribution in [3.8, 4) is 0 Å². The summed E-state index contributed by atoms with van der Waals surface area (Å²) < 4.78 is 26.5. The van der Waals surface area contributed by atoms with Gasteiger partial charge in [0, 0.05) is 19.3 Å². The number of carbonyl (C=O) groups is 3. The van der Waals surface area contributed by atoms with Gasteiger partial charge in [0.2, 0.25) is 0 Å². The number of urea groups is 1. The fourth-order valence-corrected chi connectivity index (χ4v) is 3.34. The van der Waals surface area contributed by atoms with Gasteiger partial charge in [-0.05, 0) is 37.1 Å². The molecule has 0 radical (unpaired) electrons. The average Bonchev–Trinajstić information content (AvgIpc) is 2.71. The molecule has 1 saturated heterocycles. The van der Waals surface area contributed by atoms with E-state index in [0.717, 1.165) is 0 Å². The van der Waals surface area contributed by atoms with Crippen LogP contribution in [0.15, 0.2) is 30.5 Å². The Morgan fingerprint density at radius 2 is 1.83 bits per heavy atom. The summed E-state index contributed by atoms with van der Waals surface area (Å²) in [6.45, 7) is 0.876. The number of nitrogens with one attached hydrogen (secondary N) is 2. The molecule has 0 saturated carbocycles. The number of rotatable bonds is 4. The van der Waals surface area contributed by atoms with Crippen molar-refractivity contribution in [2.75, 3.05) is 23.3 Å².